The second kappa shape index (κ2) is 11.1. The summed E-state index contributed by atoms with van der Waals surface area (Å²) in [6.07, 6.45) is 8.45. The van der Waals surface area contributed by atoms with E-state index in [4.69, 9.17) is 37.4 Å². The van der Waals surface area contributed by atoms with Gasteiger partial charge in [0.1, 0.15) is 31.1 Å². The van der Waals surface area contributed by atoms with Crippen LogP contribution >= 0.6 is 23.2 Å². The smallest absolute Gasteiger partial charge is 0.196 e. The van der Waals surface area contributed by atoms with Crippen molar-refractivity contribution in [1.29, 1.82) is 0 Å². The molecule has 0 saturated carbocycles. The molecule has 5 rings (SSSR count). The van der Waals surface area contributed by atoms with Crippen LogP contribution in [0.25, 0.3) is 0 Å². The largest absolute Gasteiger partial charge is 0.491 e. The van der Waals surface area contributed by atoms with Gasteiger partial charge in [0.05, 0.1) is 24.4 Å². The number of rotatable bonds is 8. The Morgan fingerprint density at radius 1 is 1.17 bits per heavy atom. The van der Waals surface area contributed by atoms with Crippen molar-refractivity contribution in [1.82, 2.24) is 19.7 Å². The van der Waals surface area contributed by atoms with Crippen LogP contribution in [0.3, 0.4) is 0 Å². The Morgan fingerprint density at radius 3 is 2.61 bits per heavy atom. The predicted molar refractivity (Wildman–Crippen MR) is 141 cm³/mol. The summed E-state index contributed by atoms with van der Waals surface area (Å²) in [7, 11) is 0. The topological polar surface area (TPSA) is 64.9 Å². The average molecular weight is 534 g/mol. The van der Waals surface area contributed by atoms with Crippen LogP contribution in [0, 0.1) is 5.92 Å². The molecular weight excluding hydrogens is 501 g/mol. The molecule has 1 unspecified atom stereocenters. The van der Waals surface area contributed by atoms with Gasteiger partial charge in [0.2, 0.25) is 0 Å². The Bertz CT molecular complexity index is 1050. The molecule has 2 aromatic rings. The molecule has 2 fully saturated rings. The Hall–Kier alpha value is -2.10. The van der Waals surface area contributed by atoms with E-state index >= 15 is 0 Å². The lowest BCUT2D eigenvalue weighted by atomic mass is 9.90. The summed E-state index contributed by atoms with van der Waals surface area (Å²) >= 11 is 12.8. The van der Waals surface area contributed by atoms with Crippen molar-refractivity contribution in [2.24, 2.45) is 5.92 Å². The Morgan fingerprint density at radius 2 is 1.94 bits per heavy atom. The number of ether oxygens (including phenoxy) is 3. The number of aromatic nitrogens is 3. The van der Waals surface area contributed by atoms with E-state index in [1.165, 1.54) is 12.0 Å². The molecular formula is C26H33Cl2N5O3. The van der Waals surface area contributed by atoms with Crippen LogP contribution in [-0.2, 0) is 16.0 Å². The molecule has 1 aromatic heterocycles. The summed E-state index contributed by atoms with van der Waals surface area (Å²) in [5, 5.41) is 4.46. The lowest BCUT2D eigenvalue weighted by Crippen LogP contribution is -2.48. The number of allylic oxidation sites excluding steroid dienone is 3. The Balaban J connectivity index is 1.19. The van der Waals surface area contributed by atoms with Gasteiger partial charge in [-0.2, -0.15) is 5.10 Å². The fraction of sp³-hybridized carbons (Fsp3) is 0.538. The molecule has 1 aliphatic carbocycles. The number of hydrogen-bond acceptors (Lipinski definition) is 7. The van der Waals surface area contributed by atoms with Crippen LogP contribution in [0.15, 0.2) is 60.2 Å². The van der Waals surface area contributed by atoms with E-state index in [-0.39, 0.29) is 17.4 Å². The first-order chi connectivity index (χ1) is 17.4. The highest BCUT2D eigenvalue weighted by Gasteiger charge is 2.50. The Kier molecular flexibility index (Phi) is 7.88. The highest BCUT2D eigenvalue weighted by atomic mass is 35.5. The minimum absolute atomic E-state index is 0.244. The third-order valence-corrected chi connectivity index (χ3v) is 7.69. The van der Waals surface area contributed by atoms with Gasteiger partial charge < -0.3 is 19.1 Å². The van der Waals surface area contributed by atoms with Gasteiger partial charge in [-0.25, -0.2) is 9.67 Å². The minimum atomic E-state index is -0.999. The number of halogens is 2. The SMILES string of the molecule is CC(C)N1CCN(c2ccc(OC[C@H]3CO[C@](Cn4cncn4)(C4C=CC(Cl)=C[C@H]4Cl)O3)cc2)CC1. The number of benzene rings is 1. The summed E-state index contributed by atoms with van der Waals surface area (Å²) in [5.74, 6) is -0.438. The van der Waals surface area contributed by atoms with Gasteiger partial charge in [-0.05, 0) is 50.3 Å². The fourth-order valence-corrected chi connectivity index (χ4v) is 5.70. The molecule has 36 heavy (non-hydrogen) atoms. The van der Waals surface area contributed by atoms with E-state index < -0.39 is 5.79 Å². The van der Waals surface area contributed by atoms with Gasteiger partial charge in [-0.1, -0.05) is 17.7 Å². The summed E-state index contributed by atoms with van der Waals surface area (Å²) < 4.78 is 20.5. The molecule has 10 heteroatoms. The molecule has 3 aliphatic rings. The van der Waals surface area contributed by atoms with Crippen LogP contribution in [0.2, 0.25) is 0 Å². The van der Waals surface area contributed by atoms with Gasteiger partial charge in [-0.3, -0.25) is 4.90 Å². The van der Waals surface area contributed by atoms with Gasteiger partial charge in [0, 0.05) is 42.9 Å². The zero-order valence-electron chi connectivity index (χ0n) is 20.7. The summed E-state index contributed by atoms with van der Waals surface area (Å²) in [4.78, 5) is 8.99. The normalized spacial score (nSPS) is 29.1. The van der Waals surface area contributed by atoms with E-state index in [2.05, 4.69) is 45.9 Å². The van der Waals surface area contributed by atoms with Crippen molar-refractivity contribution in [3.05, 3.63) is 60.2 Å². The van der Waals surface area contributed by atoms with Crippen LogP contribution in [0.5, 0.6) is 5.75 Å². The first-order valence-corrected chi connectivity index (χ1v) is 13.3. The number of piperazine rings is 1. The number of anilines is 1. The van der Waals surface area contributed by atoms with E-state index in [1.807, 2.05) is 24.3 Å². The summed E-state index contributed by atoms with van der Waals surface area (Å²) in [6, 6.07) is 8.89. The van der Waals surface area contributed by atoms with E-state index in [9.17, 15) is 0 Å². The average Bonchev–Trinajstić information content (AvgIpc) is 3.54. The molecule has 1 aromatic carbocycles. The highest BCUT2D eigenvalue weighted by Crippen LogP contribution is 2.40. The molecule has 0 spiro atoms. The maximum atomic E-state index is 6.65. The molecule has 4 atom stereocenters. The Labute approximate surface area is 222 Å². The van der Waals surface area contributed by atoms with Crippen molar-refractivity contribution < 1.29 is 14.2 Å². The molecule has 2 saturated heterocycles. The van der Waals surface area contributed by atoms with Crippen LogP contribution in [0.1, 0.15) is 13.8 Å². The molecule has 3 heterocycles. The monoisotopic (exact) mass is 533 g/mol. The molecule has 0 bridgehead atoms. The van der Waals surface area contributed by atoms with Crippen molar-refractivity contribution >= 4 is 28.9 Å². The first kappa shape index (κ1) is 25.5. The zero-order valence-corrected chi connectivity index (χ0v) is 22.2. The van der Waals surface area contributed by atoms with Crippen molar-refractivity contribution in [2.45, 2.75) is 43.7 Å². The molecule has 0 radical (unpaired) electrons. The van der Waals surface area contributed by atoms with E-state index in [1.54, 1.807) is 17.1 Å². The fourth-order valence-electron chi connectivity index (χ4n) is 5.01. The minimum Gasteiger partial charge on any atom is -0.491 e. The van der Waals surface area contributed by atoms with Crippen molar-refractivity contribution in [3.63, 3.8) is 0 Å². The van der Waals surface area contributed by atoms with Gasteiger partial charge in [0.15, 0.2) is 5.79 Å². The third-order valence-electron chi connectivity index (χ3n) is 7.04. The number of hydrogen-bond donors (Lipinski definition) is 0. The molecule has 0 N–H and O–H groups in total. The zero-order chi connectivity index (χ0) is 25.1. The lowest BCUT2D eigenvalue weighted by Gasteiger charge is -2.38. The van der Waals surface area contributed by atoms with Crippen molar-refractivity contribution in [3.8, 4) is 5.75 Å². The third kappa shape index (κ3) is 5.73. The van der Waals surface area contributed by atoms with Crippen LogP contribution < -0.4 is 9.64 Å². The molecule has 0 amide bonds. The molecule has 194 valence electrons. The van der Waals surface area contributed by atoms with Crippen LogP contribution in [0.4, 0.5) is 5.69 Å². The van der Waals surface area contributed by atoms with E-state index in [0.29, 0.717) is 30.8 Å². The number of nitrogens with zero attached hydrogens (tertiary/aromatic N) is 5. The number of alkyl halides is 1. The quantitative estimate of drug-likeness (QED) is 0.476. The summed E-state index contributed by atoms with van der Waals surface area (Å²) in [6.45, 7) is 9.88. The maximum absolute atomic E-state index is 6.65. The van der Waals surface area contributed by atoms with Crippen molar-refractivity contribution in [2.75, 3.05) is 44.3 Å². The summed E-state index contributed by atoms with van der Waals surface area (Å²) in [5.41, 5.74) is 1.22. The maximum Gasteiger partial charge on any atom is 0.196 e. The second-order valence-corrected chi connectivity index (χ2v) is 10.7. The molecule has 8 nitrogen and oxygen atoms in total. The van der Waals surface area contributed by atoms with E-state index in [0.717, 1.165) is 31.9 Å². The van der Waals surface area contributed by atoms with Gasteiger partial charge in [0.25, 0.3) is 0 Å². The standard InChI is InChI=1S/C26H33Cl2N5O3/c1-19(2)31-9-11-32(12-10-31)21-4-6-22(7-5-21)34-14-23-15-35-26(36-23,16-33-18-29-17-30-33)24-8-3-20(27)13-25(24)28/h3-8,13,17-19,23-25H,9-12,14-16H2,1-2H3/t23-,24?,25+,26-/m0/s1. The van der Waals surface area contributed by atoms with Crippen LogP contribution in [-0.4, -0.2) is 82.4 Å². The van der Waals surface area contributed by atoms with Gasteiger partial charge in [-0.15, -0.1) is 11.6 Å². The highest BCUT2D eigenvalue weighted by molar-refractivity contribution is 6.32. The predicted octanol–water partition coefficient (Wildman–Crippen LogP) is 3.92. The van der Waals surface area contributed by atoms with Gasteiger partial charge >= 0.3 is 0 Å². The molecule has 2 aliphatic heterocycles. The lowest BCUT2D eigenvalue weighted by molar-refractivity contribution is -0.206. The first-order valence-electron chi connectivity index (χ1n) is 12.5. The second-order valence-electron chi connectivity index (χ2n) is 9.76.